The third-order valence-electron chi connectivity index (χ3n) is 7.31. The van der Waals surface area contributed by atoms with E-state index in [1.807, 2.05) is 29.2 Å². The number of hydrogen-bond donors (Lipinski definition) is 1. The molecular formula is C26H29ClN4O3. The second-order valence-electron chi connectivity index (χ2n) is 9.40. The van der Waals surface area contributed by atoms with Crippen LogP contribution in [0.4, 0.5) is 5.69 Å². The van der Waals surface area contributed by atoms with Gasteiger partial charge in [-0.3, -0.25) is 14.2 Å². The Labute approximate surface area is 202 Å². The van der Waals surface area contributed by atoms with Gasteiger partial charge in [-0.05, 0) is 68.0 Å². The fourth-order valence-electron chi connectivity index (χ4n) is 5.31. The Kier molecular flexibility index (Phi) is 6.46. The van der Waals surface area contributed by atoms with E-state index >= 15 is 0 Å². The molecule has 1 saturated heterocycles. The molecule has 0 spiro atoms. The quantitative estimate of drug-likeness (QED) is 0.620. The molecule has 3 aromatic rings. The molecule has 1 aliphatic carbocycles. The van der Waals surface area contributed by atoms with Gasteiger partial charge in [-0.25, -0.2) is 4.79 Å². The lowest BCUT2D eigenvalue weighted by molar-refractivity contribution is -0.137. The highest BCUT2D eigenvalue weighted by atomic mass is 35.5. The number of halogens is 1. The molecule has 0 radical (unpaired) electrons. The summed E-state index contributed by atoms with van der Waals surface area (Å²) >= 11 is 5.99. The molecule has 1 aliphatic heterocycles. The van der Waals surface area contributed by atoms with Crippen molar-refractivity contribution in [2.75, 3.05) is 31.1 Å². The second-order valence-corrected chi connectivity index (χ2v) is 9.83. The molecule has 5 rings (SSSR count). The van der Waals surface area contributed by atoms with Crippen molar-refractivity contribution in [3.63, 3.8) is 0 Å². The maximum atomic E-state index is 13.1. The first-order valence-corrected chi connectivity index (χ1v) is 12.4. The molecule has 0 atom stereocenters. The van der Waals surface area contributed by atoms with Crippen LogP contribution >= 0.6 is 11.6 Å². The predicted molar refractivity (Wildman–Crippen MR) is 135 cm³/mol. The SMILES string of the molecule is O=C(C1CCC(Cn2c(=O)[nH]c3ccccc3c2=O)CC1)N1CCN(c2ccc(Cl)cc2)CC1. The summed E-state index contributed by atoms with van der Waals surface area (Å²) < 4.78 is 1.32. The van der Waals surface area contributed by atoms with Crippen LogP contribution in [0.5, 0.6) is 0 Å². The summed E-state index contributed by atoms with van der Waals surface area (Å²) in [6.07, 6.45) is 3.31. The first kappa shape index (κ1) is 22.7. The van der Waals surface area contributed by atoms with Crippen LogP contribution < -0.4 is 16.1 Å². The molecule has 8 heteroatoms. The molecule has 2 fully saturated rings. The number of benzene rings is 2. The third kappa shape index (κ3) is 4.62. The van der Waals surface area contributed by atoms with E-state index in [1.165, 1.54) is 4.57 Å². The number of hydrogen-bond acceptors (Lipinski definition) is 4. The number of para-hydroxylation sites is 1. The first-order valence-electron chi connectivity index (χ1n) is 12.0. The highest BCUT2D eigenvalue weighted by molar-refractivity contribution is 6.30. The van der Waals surface area contributed by atoms with Crippen molar-refractivity contribution >= 4 is 34.1 Å². The predicted octanol–water partition coefficient (Wildman–Crippen LogP) is 3.50. The number of H-pyrrole nitrogens is 1. The molecule has 0 bridgehead atoms. The van der Waals surface area contributed by atoms with Crippen LogP contribution in [0, 0.1) is 11.8 Å². The Balaban J connectivity index is 1.16. The lowest BCUT2D eigenvalue weighted by Crippen LogP contribution is -2.50. The van der Waals surface area contributed by atoms with Gasteiger partial charge in [-0.2, -0.15) is 0 Å². The van der Waals surface area contributed by atoms with E-state index in [2.05, 4.69) is 9.88 Å². The fraction of sp³-hybridized carbons (Fsp3) is 0.423. The van der Waals surface area contributed by atoms with Gasteiger partial charge in [0.2, 0.25) is 5.91 Å². The summed E-state index contributed by atoms with van der Waals surface area (Å²) in [5, 5.41) is 1.26. The number of amides is 1. The molecular weight excluding hydrogens is 452 g/mol. The molecule has 1 saturated carbocycles. The van der Waals surface area contributed by atoms with Crippen molar-refractivity contribution < 1.29 is 4.79 Å². The minimum atomic E-state index is -0.361. The van der Waals surface area contributed by atoms with Gasteiger partial charge in [-0.15, -0.1) is 0 Å². The van der Waals surface area contributed by atoms with Crippen molar-refractivity contribution in [2.45, 2.75) is 32.2 Å². The number of piperazine rings is 1. The van der Waals surface area contributed by atoms with E-state index in [9.17, 15) is 14.4 Å². The summed E-state index contributed by atoms with van der Waals surface area (Å²) in [6.45, 7) is 3.49. The fourth-order valence-corrected chi connectivity index (χ4v) is 5.44. The smallest absolute Gasteiger partial charge is 0.328 e. The van der Waals surface area contributed by atoms with E-state index in [0.29, 0.717) is 17.4 Å². The van der Waals surface area contributed by atoms with Gasteiger partial charge in [0, 0.05) is 49.4 Å². The van der Waals surface area contributed by atoms with Crippen molar-refractivity contribution in [1.82, 2.24) is 14.5 Å². The Morgan fingerprint density at radius 3 is 2.29 bits per heavy atom. The number of anilines is 1. The van der Waals surface area contributed by atoms with Crippen LogP contribution in [-0.4, -0.2) is 46.5 Å². The molecule has 1 aromatic heterocycles. The Hall–Kier alpha value is -3.06. The van der Waals surface area contributed by atoms with Crippen molar-refractivity contribution in [2.24, 2.45) is 11.8 Å². The Morgan fingerprint density at radius 1 is 0.912 bits per heavy atom. The van der Waals surface area contributed by atoms with Gasteiger partial charge < -0.3 is 14.8 Å². The van der Waals surface area contributed by atoms with Gasteiger partial charge in [-0.1, -0.05) is 23.7 Å². The van der Waals surface area contributed by atoms with E-state index in [0.717, 1.165) is 62.6 Å². The number of fused-ring (bicyclic) bond motifs is 1. The number of carbonyl (C=O) groups excluding carboxylic acids is 1. The Morgan fingerprint density at radius 2 is 1.59 bits per heavy atom. The van der Waals surface area contributed by atoms with Crippen molar-refractivity contribution in [3.05, 3.63) is 74.4 Å². The van der Waals surface area contributed by atoms with E-state index in [1.54, 1.807) is 24.3 Å². The average Bonchev–Trinajstić information content (AvgIpc) is 2.87. The van der Waals surface area contributed by atoms with Crippen molar-refractivity contribution in [3.8, 4) is 0 Å². The van der Waals surface area contributed by atoms with Gasteiger partial charge in [0.1, 0.15) is 0 Å². The number of nitrogens with zero attached hydrogens (tertiary/aromatic N) is 3. The number of aromatic amines is 1. The second kappa shape index (κ2) is 9.66. The van der Waals surface area contributed by atoms with Crippen LogP contribution in [-0.2, 0) is 11.3 Å². The maximum Gasteiger partial charge on any atom is 0.328 e. The van der Waals surface area contributed by atoms with Crippen LogP contribution in [0.1, 0.15) is 25.7 Å². The zero-order valence-electron chi connectivity index (χ0n) is 19.1. The highest BCUT2D eigenvalue weighted by Gasteiger charge is 2.31. The molecule has 2 aromatic carbocycles. The summed E-state index contributed by atoms with van der Waals surface area (Å²) in [5.74, 6) is 0.505. The standard InChI is InChI=1S/C26H29ClN4O3/c27-20-9-11-21(12-10-20)29-13-15-30(16-14-29)24(32)19-7-5-18(6-8-19)17-31-25(33)22-3-1-2-4-23(22)28-26(31)34/h1-4,9-12,18-19H,5-8,13-17H2,(H,28,34). The Bertz CT molecular complexity index is 1280. The van der Waals surface area contributed by atoms with E-state index in [-0.39, 0.29) is 29.0 Å². The average molecular weight is 481 g/mol. The van der Waals surface area contributed by atoms with Crippen molar-refractivity contribution in [1.29, 1.82) is 0 Å². The summed E-state index contributed by atoms with van der Waals surface area (Å²) in [5.41, 5.74) is 1.10. The first-order chi connectivity index (χ1) is 16.5. The van der Waals surface area contributed by atoms with Gasteiger partial charge in [0.05, 0.1) is 10.9 Å². The molecule has 178 valence electrons. The van der Waals surface area contributed by atoms with Gasteiger partial charge in [0.15, 0.2) is 0 Å². The summed E-state index contributed by atoms with van der Waals surface area (Å²) in [4.78, 5) is 45.5. The molecule has 0 unspecified atom stereocenters. The number of aromatic nitrogens is 2. The highest BCUT2D eigenvalue weighted by Crippen LogP contribution is 2.31. The number of nitrogens with one attached hydrogen (secondary N) is 1. The monoisotopic (exact) mass is 480 g/mol. The van der Waals surface area contributed by atoms with E-state index < -0.39 is 0 Å². The normalized spacial score (nSPS) is 21.1. The summed E-state index contributed by atoms with van der Waals surface area (Å²) in [7, 11) is 0. The zero-order valence-corrected chi connectivity index (χ0v) is 19.8. The molecule has 2 aliphatic rings. The molecule has 7 nitrogen and oxygen atoms in total. The summed E-state index contributed by atoms with van der Waals surface area (Å²) in [6, 6.07) is 14.9. The third-order valence-corrected chi connectivity index (χ3v) is 7.56. The van der Waals surface area contributed by atoms with Crippen LogP contribution in [0.3, 0.4) is 0 Å². The number of carbonyl (C=O) groups is 1. The minimum absolute atomic E-state index is 0.0324. The molecule has 1 N–H and O–H groups in total. The van der Waals surface area contributed by atoms with E-state index in [4.69, 9.17) is 11.6 Å². The van der Waals surface area contributed by atoms with Crippen LogP contribution in [0.2, 0.25) is 5.02 Å². The lowest BCUT2D eigenvalue weighted by Gasteiger charge is -2.39. The zero-order chi connectivity index (χ0) is 23.7. The molecule has 1 amide bonds. The van der Waals surface area contributed by atoms with Gasteiger partial charge >= 0.3 is 5.69 Å². The van der Waals surface area contributed by atoms with Crippen LogP contribution in [0.25, 0.3) is 10.9 Å². The minimum Gasteiger partial charge on any atom is -0.368 e. The van der Waals surface area contributed by atoms with Gasteiger partial charge in [0.25, 0.3) is 5.56 Å². The topological polar surface area (TPSA) is 78.4 Å². The number of rotatable bonds is 4. The van der Waals surface area contributed by atoms with Crippen LogP contribution in [0.15, 0.2) is 58.1 Å². The molecule has 2 heterocycles. The lowest BCUT2D eigenvalue weighted by atomic mass is 9.81. The maximum absolute atomic E-state index is 13.1. The largest absolute Gasteiger partial charge is 0.368 e. The molecule has 34 heavy (non-hydrogen) atoms.